The Kier molecular flexibility index (Phi) is 3.88. The Morgan fingerprint density at radius 1 is 1.35 bits per heavy atom. The smallest absolute Gasteiger partial charge is 0.126 e. The highest BCUT2D eigenvalue weighted by Crippen LogP contribution is 2.09. The molecule has 3 nitrogen and oxygen atoms in total. The molecule has 1 unspecified atom stereocenters. The maximum Gasteiger partial charge on any atom is 0.126 e. The van der Waals surface area contributed by atoms with Crippen molar-refractivity contribution in [3.63, 3.8) is 0 Å². The fraction of sp³-hybridized carbons (Fsp3) is 0.308. The maximum absolute atomic E-state index is 13.4. The molecule has 1 atom stereocenters. The van der Waals surface area contributed by atoms with E-state index in [-0.39, 0.29) is 11.9 Å². The van der Waals surface area contributed by atoms with Gasteiger partial charge in [-0.15, -0.1) is 0 Å². The summed E-state index contributed by atoms with van der Waals surface area (Å²) in [5.41, 5.74) is 1.78. The van der Waals surface area contributed by atoms with Crippen molar-refractivity contribution >= 4 is 0 Å². The monoisotopic (exact) mass is 233 g/mol. The molecule has 0 aliphatic carbocycles. The minimum atomic E-state index is -0.136. The first kappa shape index (κ1) is 11.8. The number of halogens is 1. The van der Waals surface area contributed by atoms with Crippen molar-refractivity contribution in [1.82, 2.24) is 15.5 Å². The zero-order valence-electron chi connectivity index (χ0n) is 9.78. The number of aromatic nitrogens is 2. The molecular weight excluding hydrogens is 217 g/mol. The Labute approximate surface area is 100 Å². The molecule has 0 saturated carbocycles. The summed E-state index contributed by atoms with van der Waals surface area (Å²) < 4.78 is 13.4. The molecule has 2 rings (SSSR count). The summed E-state index contributed by atoms with van der Waals surface area (Å²) in [6.45, 7) is 2.76. The van der Waals surface area contributed by atoms with E-state index in [1.54, 1.807) is 12.3 Å². The molecule has 0 amide bonds. The molecule has 17 heavy (non-hydrogen) atoms. The van der Waals surface area contributed by atoms with Crippen molar-refractivity contribution in [1.29, 1.82) is 0 Å². The van der Waals surface area contributed by atoms with Gasteiger partial charge in [0.25, 0.3) is 0 Å². The summed E-state index contributed by atoms with van der Waals surface area (Å²) in [6, 6.07) is 9.03. The molecule has 0 aliphatic rings. The highest BCUT2D eigenvalue weighted by Gasteiger charge is 2.07. The molecule has 1 heterocycles. The molecule has 1 aromatic carbocycles. The SMILES string of the molecule is CC(Cc1ccccc1F)NCc1ccn[nH]1. The van der Waals surface area contributed by atoms with Crippen LogP contribution in [0.3, 0.4) is 0 Å². The lowest BCUT2D eigenvalue weighted by molar-refractivity contribution is 0.521. The normalized spacial score (nSPS) is 12.6. The van der Waals surface area contributed by atoms with Crippen molar-refractivity contribution < 1.29 is 4.39 Å². The third-order valence-electron chi connectivity index (χ3n) is 2.68. The van der Waals surface area contributed by atoms with Crippen LogP contribution in [-0.2, 0) is 13.0 Å². The Hall–Kier alpha value is -1.68. The summed E-state index contributed by atoms with van der Waals surface area (Å²) in [4.78, 5) is 0. The third-order valence-corrected chi connectivity index (χ3v) is 2.68. The van der Waals surface area contributed by atoms with Gasteiger partial charge in [-0.05, 0) is 31.0 Å². The Bertz CT molecular complexity index is 453. The highest BCUT2D eigenvalue weighted by atomic mass is 19.1. The van der Waals surface area contributed by atoms with Gasteiger partial charge in [-0.1, -0.05) is 18.2 Å². The predicted octanol–water partition coefficient (Wildman–Crippen LogP) is 2.27. The van der Waals surface area contributed by atoms with Gasteiger partial charge in [-0.2, -0.15) is 5.10 Å². The lowest BCUT2D eigenvalue weighted by Crippen LogP contribution is -2.28. The van der Waals surface area contributed by atoms with Crippen molar-refractivity contribution in [2.24, 2.45) is 0 Å². The molecule has 2 N–H and O–H groups in total. The van der Waals surface area contributed by atoms with Gasteiger partial charge in [0.15, 0.2) is 0 Å². The molecular formula is C13H16FN3. The van der Waals surface area contributed by atoms with Crippen LogP contribution in [0.25, 0.3) is 0 Å². The molecule has 0 radical (unpaired) electrons. The molecule has 0 fully saturated rings. The van der Waals surface area contributed by atoms with Crippen LogP contribution < -0.4 is 5.32 Å². The first-order valence-electron chi connectivity index (χ1n) is 5.71. The molecule has 0 aliphatic heterocycles. The molecule has 90 valence electrons. The van der Waals surface area contributed by atoms with Gasteiger partial charge in [0, 0.05) is 24.5 Å². The van der Waals surface area contributed by atoms with Crippen molar-refractivity contribution in [2.45, 2.75) is 25.9 Å². The van der Waals surface area contributed by atoms with E-state index in [9.17, 15) is 4.39 Å². The summed E-state index contributed by atoms with van der Waals surface area (Å²) in [7, 11) is 0. The summed E-state index contributed by atoms with van der Waals surface area (Å²) in [5, 5.41) is 10.1. The van der Waals surface area contributed by atoms with Crippen molar-refractivity contribution in [2.75, 3.05) is 0 Å². The molecule has 1 aromatic heterocycles. The minimum Gasteiger partial charge on any atom is -0.308 e. The number of nitrogens with one attached hydrogen (secondary N) is 2. The Morgan fingerprint density at radius 3 is 2.88 bits per heavy atom. The van der Waals surface area contributed by atoms with Gasteiger partial charge in [-0.25, -0.2) is 4.39 Å². The van der Waals surface area contributed by atoms with E-state index in [0.717, 1.165) is 17.8 Å². The number of benzene rings is 1. The standard InChI is InChI=1S/C13H16FN3/c1-10(15-9-12-6-7-16-17-12)8-11-4-2-3-5-13(11)14/h2-7,10,15H,8-9H2,1H3,(H,16,17). The summed E-state index contributed by atoms with van der Waals surface area (Å²) >= 11 is 0. The molecule has 2 aromatic rings. The predicted molar refractivity (Wildman–Crippen MR) is 65.0 cm³/mol. The van der Waals surface area contributed by atoms with Crippen LogP contribution >= 0.6 is 0 Å². The first-order valence-corrected chi connectivity index (χ1v) is 5.71. The average molecular weight is 233 g/mol. The van der Waals surface area contributed by atoms with Crippen LogP contribution in [0.2, 0.25) is 0 Å². The molecule has 0 spiro atoms. The van der Waals surface area contributed by atoms with Gasteiger partial charge in [0.2, 0.25) is 0 Å². The zero-order valence-corrected chi connectivity index (χ0v) is 9.78. The second-order valence-electron chi connectivity index (χ2n) is 4.16. The van der Waals surface area contributed by atoms with E-state index >= 15 is 0 Å². The first-order chi connectivity index (χ1) is 8.25. The van der Waals surface area contributed by atoms with Crippen LogP contribution in [0, 0.1) is 5.82 Å². The van der Waals surface area contributed by atoms with E-state index in [2.05, 4.69) is 15.5 Å². The van der Waals surface area contributed by atoms with E-state index in [4.69, 9.17) is 0 Å². The third kappa shape index (κ3) is 3.39. The number of hydrogen-bond acceptors (Lipinski definition) is 2. The van der Waals surface area contributed by atoms with Crippen LogP contribution in [0.4, 0.5) is 4.39 Å². The number of aromatic amines is 1. The van der Waals surface area contributed by atoms with Crippen molar-refractivity contribution in [3.05, 3.63) is 53.6 Å². The maximum atomic E-state index is 13.4. The molecule has 4 heteroatoms. The number of nitrogens with zero attached hydrogens (tertiary/aromatic N) is 1. The Balaban J connectivity index is 1.85. The topological polar surface area (TPSA) is 40.7 Å². The number of hydrogen-bond donors (Lipinski definition) is 2. The van der Waals surface area contributed by atoms with Crippen molar-refractivity contribution in [3.8, 4) is 0 Å². The lowest BCUT2D eigenvalue weighted by Gasteiger charge is -2.13. The summed E-state index contributed by atoms with van der Waals surface area (Å²) in [5.74, 6) is -0.136. The van der Waals surface area contributed by atoms with Crippen LogP contribution in [0.15, 0.2) is 36.5 Å². The molecule has 0 bridgehead atoms. The fourth-order valence-electron chi connectivity index (χ4n) is 1.73. The fourth-order valence-corrected chi connectivity index (χ4v) is 1.73. The largest absolute Gasteiger partial charge is 0.308 e. The van der Waals surface area contributed by atoms with Gasteiger partial charge < -0.3 is 5.32 Å². The second kappa shape index (κ2) is 5.59. The van der Waals surface area contributed by atoms with Gasteiger partial charge in [0.05, 0.1) is 0 Å². The average Bonchev–Trinajstić information content (AvgIpc) is 2.82. The molecule has 0 saturated heterocycles. The minimum absolute atomic E-state index is 0.136. The number of rotatable bonds is 5. The van der Waals surface area contributed by atoms with Gasteiger partial charge >= 0.3 is 0 Å². The zero-order chi connectivity index (χ0) is 12.1. The Morgan fingerprint density at radius 2 is 2.18 bits per heavy atom. The lowest BCUT2D eigenvalue weighted by atomic mass is 10.1. The quantitative estimate of drug-likeness (QED) is 0.831. The summed E-state index contributed by atoms with van der Waals surface area (Å²) in [6.07, 6.45) is 2.40. The van der Waals surface area contributed by atoms with Crippen LogP contribution in [-0.4, -0.2) is 16.2 Å². The number of H-pyrrole nitrogens is 1. The van der Waals surface area contributed by atoms with Crippen LogP contribution in [0.1, 0.15) is 18.2 Å². The van der Waals surface area contributed by atoms with Gasteiger partial charge in [-0.3, -0.25) is 5.10 Å². The highest BCUT2D eigenvalue weighted by molar-refractivity contribution is 5.18. The van der Waals surface area contributed by atoms with E-state index < -0.39 is 0 Å². The van der Waals surface area contributed by atoms with Crippen LogP contribution in [0.5, 0.6) is 0 Å². The van der Waals surface area contributed by atoms with E-state index in [1.165, 1.54) is 6.07 Å². The van der Waals surface area contributed by atoms with E-state index in [1.807, 2.05) is 25.1 Å². The second-order valence-corrected chi connectivity index (χ2v) is 4.16. The van der Waals surface area contributed by atoms with Gasteiger partial charge in [0.1, 0.15) is 5.82 Å². The van der Waals surface area contributed by atoms with E-state index in [0.29, 0.717) is 6.42 Å².